The van der Waals surface area contributed by atoms with Gasteiger partial charge in [-0.3, -0.25) is 25.2 Å². The number of aliphatic imine (C=N–C) groups is 1. The number of hydrogen-bond acceptors (Lipinski definition) is 7. The molecule has 0 aliphatic carbocycles. The second-order valence-corrected chi connectivity index (χ2v) is 4.38. The van der Waals surface area contributed by atoms with E-state index in [1.54, 1.807) is 0 Å². The van der Waals surface area contributed by atoms with Crippen LogP contribution in [0.25, 0.3) is 0 Å². The summed E-state index contributed by atoms with van der Waals surface area (Å²) in [7, 11) is 1.39. The van der Waals surface area contributed by atoms with Gasteiger partial charge in [-0.05, 0) is 23.8 Å². The molecule has 0 heterocycles. The zero-order chi connectivity index (χ0) is 17.0. The van der Waals surface area contributed by atoms with Gasteiger partial charge in [0.05, 0.1) is 17.0 Å². The average Bonchev–Trinajstić information content (AvgIpc) is 2.53. The molecule has 0 aromatic heterocycles. The lowest BCUT2D eigenvalue weighted by Crippen LogP contribution is -1.91. The Labute approximate surface area is 129 Å². The van der Waals surface area contributed by atoms with Crippen LogP contribution in [-0.2, 0) is 0 Å². The Morgan fingerprint density at radius 1 is 1.13 bits per heavy atom. The number of benzene rings is 2. The minimum atomic E-state index is -0.722. The van der Waals surface area contributed by atoms with Crippen molar-refractivity contribution in [3.8, 4) is 11.5 Å². The third kappa shape index (κ3) is 3.59. The van der Waals surface area contributed by atoms with Gasteiger partial charge in [0.15, 0.2) is 5.75 Å². The Hall–Kier alpha value is -3.49. The number of phenolic OH excluding ortho intramolecular Hbond substituents is 1. The molecule has 0 radical (unpaired) electrons. The molecule has 0 aliphatic rings. The summed E-state index contributed by atoms with van der Waals surface area (Å²) >= 11 is 0. The van der Waals surface area contributed by atoms with Crippen molar-refractivity contribution in [1.29, 1.82) is 0 Å². The summed E-state index contributed by atoms with van der Waals surface area (Å²) < 4.78 is 5.06. The first-order valence-corrected chi connectivity index (χ1v) is 6.26. The van der Waals surface area contributed by atoms with Crippen molar-refractivity contribution >= 4 is 23.3 Å². The van der Waals surface area contributed by atoms with E-state index in [1.807, 2.05) is 0 Å². The van der Waals surface area contributed by atoms with Crippen LogP contribution in [0.4, 0.5) is 17.1 Å². The Bertz CT molecular complexity index is 803. The number of nitro benzene ring substituents is 2. The maximum absolute atomic E-state index is 10.8. The van der Waals surface area contributed by atoms with Crippen molar-refractivity contribution in [2.75, 3.05) is 7.11 Å². The second kappa shape index (κ2) is 6.52. The van der Waals surface area contributed by atoms with E-state index in [-0.39, 0.29) is 11.4 Å². The monoisotopic (exact) mass is 317 g/mol. The van der Waals surface area contributed by atoms with Crippen molar-refractivity contribution in [3.63, 3.8) is 0 Å². The normalized spacial score (nSPS) is 10.7. The molecule has 118 valence electrons. The lowest BCUT2D eigenvalue weighted by Gasteiger charge is -2.03. The van der Waals surface area contributed by atoms with Gasteiger partial charge >= 0.3 is 5.69 Å². The highest BCUT2D eigenvalue weighted by Gasteiger charge is 2.13. The summed E-state index contributed by atoms with van der Waals surface area (Å²) in [5.74, 6) is -0.139. The summed E-state index contributed by atoms with van der Waals surface area (Å²) in [6.07, 6.45) is 1.29. The van der Waals surface area contributed by atoms with Gasteiger partial charge in [-0.2, -0.15) is 0 Å². The Morgan fingerprint density at radius 2 is 1.87 bits per heavy atom. The summed E-state index contributed by atoms with van der Waals surface area (Å²) in [6.45, 7) is 0. The van der Waals surface area contributed by atoms with E-state index in [0.717, 1.165) is 6.07 Å². The lowest BCUT2D eigenvalue weighted by molar-refractivity contribution is -0.385. The number of aromatic hydroxyl groups is 1. The first-order valence-electron chi connectivity index (χ1n) is 6.26. The average molecular weight is 317 g/mol. The molecule has 9 nitrogen and oxygen atoms in total. The van der Waals surface area contributed by atoms with Crippen LogP contribution in [0.1, 0.15) is 5.56 Å². The van der Waals surface area contributed by atoms with Crippen LogP contribution < -0.4 is 4.74 Å². The molecule has 0 amide bonds. The molecule has 23 heavy (non-hydrogen) atoms. The third-order valence-corrected chi connectivity index (χ3v) is 2.92. The fourth-order valence-corrected chi connectivity index (χ4v) is 1.80. The molecule has 2 aromatic carbocycles. The van der Waals surface area contributed by atoms with Gasteiger partial charge in [0, 0.05) is 24.4 Å². The summed E-state index contributed by atoms with van der Waals surface area (Å²) in [5, 5.41) is 31.0. The smallest absolute Gasteiger partial charge is 0.311 e. The van der Waals surface area contributed by atoms with Gasteiger partial charge in [0.1, 0.15) is 11.4 Å². The van der Waals surface area contributed by atoms with Crippen LogP contribution in [0.5, 0.6) is 11.5 Å². The minimum Gasteiger partial charge on any atom is -0.502 e. The fraction of sp³-hybridized carbons (Fsp3) is 0.0714. The van der Waals surface area contributed by atoms with Crippen LogP contribution in [0.2, 0.25) is 0 Å². The van der Waals surface area contributed by atoms with Gasteiger partial charge in [0.2, 0.25) is 0 Å². The molecule has 0 spiro atoms. The number of ether oxygens (including phenoxy) is 1. The Balaban J connectivity index is 2.40. The highest BCUT2D eigenvalue weighted by atomic mass is 16.6. The fourth-order valence-electron chi connectivity index (χ4n) is 1.80. The number of non-ortho nitro benzene ring substituents is 1. The third-order valence-electron chi connectivity index (χ3n) is 2.92. The van der Waals surface area contributed by atoms with Crippen molar-refractivity contribution < 1.29 is 19.7 Å². The molecular weight excluding hydrogens is 306 g/mol. The predicted octanol–water partition coefficient (Wildman–Crippen LogP) is 2.97. The standard InChI is InChI=1S/C14H11N3O6/c1-23-14-5-3-10(16(19)20)7-11(14)15-8-9-2-4-13(18)12(6-9)17(21)22/h2-8,18H,1H3. The van der Waals surface area contributed by atoms with Crippen molar-refractivity contribution in [3.05, 3.63) is 62.2 Å². The molecule has 2 rings (SSSR count). The maximum Gasteiger partial charge on any atom is 0.311 e. The summed E-state index contributed by atoms with van der Waals surface area (Å²) in [6, 6.07) is 7.65. The van der Waals surface area contributed by atoms with Gasteiger partial charge in [0.25, 0.3) is 5.69 Å². The van der Waals surface area contributed by atoms with E-state index >= 15 is 0 Å². The van der Waals surface area contributed by atoms with Crippen LogP contribution >= 0.6 is 0 Å². The van der Waals surface area contributed by atoms with Crippen LogP contribution in [-0.4, -0.2) is 28.3 Å². The minimum absolute atomic E-state index is 0.158. The van der Waals surface area contributed by atoms with Crippen molar-refractivity contribution in [2.24, 2.45) is 4.99 Å². The zero-order valence-electron chi connectivity index (χ0n) is 11.9. The quantitative estimate of drug-likeness (QED) is 0.513. The van der Waals surface area contributed by atoms with Crippen molar-refractivity contribution in [2.45, 2.75) is 0 Å². The number of hydrogen-bond donors (Lipinski definition) is 1. The maximum atomic E-state index is 10.8. The molecule has 2 aromatic rings. The molecule has 0 aliphatic heterocycles. The van der Waals surface area contributed by atoms with Gasteiger partial charge in [-0.15, -0.1) is 0 Å². The van der Waals surface area contributed by atoms with Crippen LogP contribution in [0.3, 0.4) is 0 Å². The van der Waals surface area contributed by atoms with E-state index in [2.05, 4.69) is 4.99 Å². The first kappa shape index (κ1) is 15.9. The highest BCUT2D eigenvalue weighted by molar-refractivity contribution is 5.84. The molecule has 0 saturated heterocycles. The molecule has 0 unspecified atom stereocenters. The molecule has 0 saturated carbocycles. The number of nitrogens with zero attached hydrogens (tertiary/aromatic N) is 3. The summed E-state index contributed by atoms with van der Waals surface area (Å²) in [4.78, 5) is 24.3. The van der Waals surface area contributed by atoms with Crippen LogP contribution in [0, 0.1) is 20.2 Å². The SMILES string of the molecule is COc1ccc([N+](=O)[O-])cc1N=Cc1ccc(O)c([N+](=O)[O-])c1. The number of rotatable bonds is 5. The van der Waals surface area contributed by atoms with Gasteiger partial charge < -0.3 is 9.84 Å². The number of phenols is 1. The number of nitro groups is 2. The van der Waals surface area contributed by atoms with Crippen LogP contribution in [0.15, 0.2) is 41.4 Å². The van der Waals surface area contributed by atoms with E-state index in [0.29, 0.717) is 11.3 Å². The van der Waals surface area contributed by atoms with Gasteiger partial charge in [-0.25, -0.2) is 0 Å². The topological polar surface area (TPSA) is 128 Å². The molecule has 0 bridgehead atoms. The molecule has 0 fully saturated rings. The first-order chi connectivity index (χ1) is 10.9. The van der Waals surface area contributed by atoms with Crippen molar-refractivity contribution in [1.82, 2.24) is 0 Å². The van der Waals surface area contributed by atoms with E-state index in [9.17, 15) is 25.3 Å². The highest BCUT2D eigenvalue weighted by Crippen LogP contribution is 2.32. The largest absolute Gasteiger partial charge is 0.502 e. The molecule has 1 N–H and O–H groups in total. The van der Waals surface area contributed by atoms with E-state index in [4.69, 9.17) is 4.74 Å². The second-order valence-electron chi connectivity index (χ2n) is 4.38. The predicted molar refractivity (Wildman–Crippen MR) is 81.7 cm³/mol. The van der Waals surface area contributed by atoms with Gasteiger partial charge in [-0.1, -0.05) is 0 Å². The Morgan fingerprint density at radius 3 is 2.48 bits per heavy atom. The zero-order valence-corrected chi connectivity index (χ0v) is 11.9. The van der Waals surface area contributed by atoms with E-state index in [1.165, 1.54) is 43.7 Å². The number of methoxy groups -OCH3 is 1. The molecule has 9 heteroatoms. The Kier molecular flexibility index (Phi) is 4.50. The molecule has 0 atom stereocenters. The van der Waals surface area contributed by atoms with E-state index < -0.39 is 21.3 Å². The summed E-state index contributed by atoms with van der Waals surface area (Å²) in [5.41, 5.74) is -0.0601. The lowest BCUT2D eigenvalue weighted by atomic mass is 10.2. The molecular formula is C14H11N3O6.